The van der Waals surface area contributed by atoms with Gasteiger partial charge in [0.25, 0.3) is 0 Å². The quantitative estimate of drug-likeness (QED) is 0.636. The number of hydrogen-bond donors (Lipinski definition) is 0. The molecule has 1 aromatic carbocycles. The topological polar surface area (TPSA) is 67.4 Å². The number of aromatic nitrogens is 2. The molecule has 2 aromatic rings. The summed E-state index contributed by atoms with van der Waals surface area (Å²) in [5, 5.41) is 11.3. The molecule has 0 amide bonds. The van der Waals surface area contributed by atoms with Crippen LogP contribution in [0.1, 0.15) is 18.9 Å². The fraction of sp³-hybridized carbons (Fsp3) is 0.471. The van der Waals surface area contributed by atoms with Crippen LogP contribution in [0.2, 0.25) is 0 Å². The van der Waals surface area contributed by atoms with Crippen LogP contribution in [0.25, 0.3) is 0 Å². The van der Waals surface area contributed by atoms with E-state index in [4.69, 9.17) is 0 Å². The highest BCUT2D eigenvalue weighted by atomic mass is 16.6. The lowest BCUT2D eigenvalue weighted by Crippen LogP contribution is -2.40. The molecule has 0 radical (unpaired) electrons. The largest absolute Gasteiger partial charge is 0.406 e. The van der Waals surface area contributed by atoms with Crippen LogP contribution in [0.5, 0.6) is 0 Å². The Morgan fingerprint density at radius 1 is 1.29 bits per heavy atom. The molecule has 0 unspecified atom stereocenters. The van der Waals surface area contributed by atoms with Gasteiger partial charge in [-0.3, -0.25) is 9.47 Å². The van der Waals surface area contributed by atoms with Crippen LogP contribution in [0.4, 0.5) is 11.6 Å². The summed E-state index contributed by atoms with van der Waals surface area (Å²) < 4.78 is 1.75. The monoisotopic (exact) mass is 329 g/mol. The molecular formula is C17H23N5O2. The molecule has 0 aliphatic carbocycles. The molecule has 1 aromatic heterocycles. The summed E-state index contributed by atoms with van der Waals surface area (Å²) in [6.07, 6.45) is 2.49. The molecule has 7 heteroatoms. The molecule has 128 valence electrons. The van der Waals surface area contributed by atoms with Crippen molar-refractivity contribution >= 4 is 11.6 Å². The van der Waals surface area contributed by atoms with Crippen molar-refractivity contribution in [3.05, 3.63) is 52.3 Å². The van der Waals surface area contributed by atoms with Gasteiger partial charge in [-0.1, -0.05) is 30.3 Å². The van der Waals surface area contributed by atoms with Gasteiger partial charge in [0.1, 0.15) is 0 Å². The second-order valence-corrected chi connectivity index (χ2v) is 6.38. The van der Waals surface area contributed by atoms with E-state index in [0.717, 1.165) is 32.6 Å². The summed E-state index contributed by atoms with van der Waals surface area (Å²) in [4.78, 5) is 19.4. The number of nitro groups is 1. The molecular weight excluding hydrogens is 306 g/mol. The van der Waals surface area contributed by atoms with Gasteiger partial charge in [-0.25, -0.2) is 0 Å². The third-order valence-electron chi connectivity index (χ3n) is 4.51. The van der Waals surface area contributed by atoms with Gasteiger partial charge in [-0.2, -0.15) is 0 Å². The molecule has 1 atom stereocenters. The van der Waals surface area contributed by atoms with E-state index in [0.29, 0.717) is 5.82 Å². The van der Waals surface area contributed by atoms with E-state index in [1.807, 2.05) is 13.1 Å². The minimum absolute atomic E-state index is 0.0548. The highest BCUT2D eigenvalue weighted by Crippen LogP contribution is 2.29. The molecule has 2 heterocycles. The summed E-state index contributed by atoms with van der Waals surface area (Å²) >= 11 is 0. The third-order valence-corrected chi connectivity index (χ3v) is 4.51. The van der Waals surface area contributed by atoms with Crippen LogP contribution in [-0.4, -0.2) is 45.1 Å². The van der Waals surface area contributed by atoms with Gasteiger partial charge in [0.05, 0.1) is 0 Å². The van der Waals surface area contributed by atoms with Gasteiger partial charge in [0.15, 0.2) is 0 Å². The van der Waals surface area contributed by atoms with Crippen molar-refractivity contribution in [3.8, 4) is 0 Å². The van der Waals surface area contributed by atoms with Gasteiger partial charge in [-0.05, 0) is 28.8 Å². The Kier molecular flexibility index (Phi) is 4.80. The van der Waals surface area contributed by atoms with Crippen molar-refractivity contribution in [2.75, 3.05) is 24.5 Å². The summed E-state index contributed by atoms with van der Waals surface area (Å²) in [6.45, 7) is 5.69. The summed E-state index contributed by atoms with van der Waals surface area (Å²) in [6, 6.07) is 10.6. The van der Waals surface area contributed by atoms with Gasteiger partial charge in [-0.15, -0.1) is 0 Å². The first-order valence-electron chi connectivity index (χ1n) is 8.25. The van der Waals surface area contributed by atoms with Crippen molar-refractivity contribution in [3.63, 3.8) is 0 Å². The Hall–Kier alpha value is -2.41. The molecule has 0 spiro atoms. The second-order valence-electron chi connectivity index (χ2n) is 6.38. The first kappa shape index (κ1) is 16.4. The number of benzene rings is 1. The highest BCUT2D eigenvalue weighted by molar-refractivity contribution is 5.55. The molecule has 0 saturated carbocycles. The van der Waals surface area contributed by atoms with Crippen LogP contribution in [0, 0.1) is 10.1 Å². The average Bonchev–Trinajstić information content (AvgIpc) is 2.84. The van der Waals surface area contributed by atoms with Crippen molar-refractivity contribution in [1.82, 2.24) is 14.5 Å². The smallest absolute Gasteiger partial charge is 0.358 e. The predicted octanol–water partition coefficient (Wildman–Crippen LogP) is 2.43. The van der Waals surface area contributed by atoms with Crippen molar-refractivity contribution in [1.29, 1.82) is 0 Å². The predicted molar refractivity (Wildman–Crippen MR) is 93.0 cm³/mol. The molecule has 1 fully saturated rings. The van der Waals surface area contributed by atoms with E-state index >= 15 is 0 Å². The maximum absolute atomic E-state index is 11.3. The van der Waals surface area contributed by atoms with Gasteiger partial charge >= 0.3 is 5.82 Å². The van der Waals surface area contributed by atoms with Crippen LogP contribution < -0.4 is 4.90 Å². The zero-order valence-electron chi connectivity index (χ0n) is 14.1. The van der Waals surface area contributed by atoms with Crippen molar-refractivity contribution < 1.29 is 4.92 Å². The molecule has 1 saturated heterocycles. The van der Waals surface area contributed by atoms with E-state index < -0.39 is 4.92 Å². The zero-order valence-corrected chi connectivity index (χ0v) is 14.1. The van der Waals surface area contributed by atoms with E-state index in [1.54, 1.807) is 4.57 Å². The SMILES string of the molecule is C[C@@H]1CN(Cc2ccccc2)CCCN1c1c([N+](=O)[O-])ncn1C. The summed E-state index contributed by atoms with van der Waals surface area (Å²) in [5.41, 5.74) is 1.30. The van der Waals surface area contributed by atoms with Crippen molar-refractivity contribution in [2.45, 2.75) is 25.9 Å². The molecule has 1 aliphatic heterocycles. The number of rotatable bonds is 4. The van der Waals surface area contributed by atoms with E-state index in [2.05, 4.69) is 46.0 Å². The number of anilines is 1. The molecule has 24 heavy (non-hydrogen) atoms. The standard InChI is InChI=1S/C17H23N5O2/c1-14-11-20(12-15-7-4-3-5-8-15)9-6-10-21(14)17-16(22(23)24)18-13-19(17)2/h3-5,7-8,13-14H,6,9-12H2,1-2H3/t14-/m1/s1. The first-order valence-corrected chi connectivity index (χ1v) is 8.25. The fourth-order valence-corrected chi connectivity index (χ4v) is 3.42. The number of imidazole rings is 1. The molecule has 3 rings (SSSR count). The fourth-order valence-electron chi connectivity index (χ4n) is 3.42. The zero-order chi connectivity index (χ0) is 17.1. The average molecular weight is 329 g/mol. The summed E-state index contributed by atoms with van der Waals surface area (Å²) in [5.74, 6) is 0.551. The molecule has 1 aliphatic rings. The molecule has 0 N–H and O–H groups in total. The van der Waals surface area contributed by atoms with Gasteiger partial charge in [0, 0.05) is 39.3 Å². The Balaban J connectivity index is 1.77. The first-order chi connectivity index (χ1) is 11.6. The van der Waals surface area contributed by atoms with E-state index in [9.17, 15) is 10.1 Å². The lowest BCUT2D eigenvalue weighted by molar-refractivity contribution is -0.388. The molecule has 0 bridgehead atoms. The summed E-state index contributed by atoms with van der Waals surface area (Å²) in [7, 11) is 1.81. The lowest BCUT2D eigenvalue weighted by Gasteiger charge is -2.30. The lowest BCUT2D eigenvalue weighted by atomic mass is 10.2. The molecule has 7 nitrogen and oxygen atoms in total. The maximum Gasteiger partial charge on any atom is 0.406 e. The highest BCUT2D eigenvalue weighted by Gasteiger charge is 2.30. The van der Waals surface area contributed by atoms with Crippen LogP contribution >= 0.6 is 0 Å². The van der Waals surface area contributed by atoms with Crippen LogP contribution in [0.3, 0.4) is 0 Å². The van der Waals surface area contributed by atoms with Gasteiger partial charge in [0.2, 0.25) is 12.1 Å². The third kappa shape index (κ3) is 3.41. The Bertz CT molecular complexity index is 700. The maximum atomic E-state index is 11.3. The number of aryl methyl sites for hydroxylation is 1. The Labute approximate surface area is 141 Å². The van der Waals surface area contributed by atoms with Crippen molar-refractivity contribution in [2.24, 2.45) is 7.05 Å². The normalized spacial score (nSPS) is 19.2. The van der Waals surface area contributed by atoms with Crippen LogP contribution in [-0.2, 0) is 13.6 Å². The number of hydrogen-bond acceptors (Lipinski definition) is 5. The Morgan fingerprint density at radius 2 is 2.04 bits per heavy atom. The van der Waals surface area contributed by atoms with E-state index in [-0.39, 0.29) is 11.9 Å². The minimum Gasteiger partial charge on any atom is -0.358 e. The van der Waals surface area contributed by atoms with Gasteiger partial charge < -0.3 is 15.0 Å². The van der Waals surface area contributed by atoms with E-state index in [1.165, 1.54) is 11.9 Å². The Morgan fingerprint density at radius 3 is 2.75 bits per heavy atom. The minimum atomic E-state index is -0.394. The second kappa shape index (κ2) is 7.00. The number of nitrogens with zero attached hydrogens (tertiary/aromatic N) is 5. The van der Waals surface area contributed by atoms with Crippen LogP contribution in [0.15, 0.2) is 36.7 Å².